The van der Waals surface area contributed by atoms with Crippen molar-refractivity contribution in [1.29, 1.82) is 0 Å². The van der Waals surface area contributed by atoms with E-state index in [1.54, 1.807) is 0 Å². The van der Waals surface area contributed by atoms with Crippen LogP contribution in [0.3, 0.4) is 0 Å². The standard InChI is InChI=1S/C19H24N2/c1-21(14-16-6-3-2-4-7-16)15-18-9-5-8-17(12-18)13-20-19-10-11-19/h2-9,12,19-20H,10-11,13-15H2,1H3. The Labute approximate surface area is 127 Å². The fourth-order valence-corrected chi connectivity index (χ4v) is 2.65. The Kier molecular flexibility index (Phi) is 4.69. The summed E-state index contributed by atoms with van der Waals surface area (Å²) < 4.78 is 0. The van der Waals surface area contributed by atoms with Gasteiger partial charge in [-0.3, -0.25) is 4.90 Å². The molecule has 0 radical (unpaired) electrons. The summed E-state index contributed by atoms with van der Waals surface area (Å²) in [6, 6.07) is 20.4. The monoisotopic (exact) mass is 280 g/mol. The highest BCUT2D eigenvalue weighted by atomic mass is 15.1. The van der Waals surface area contributed by atoms with Gasteiger partial charge in [-0.25, -0.2) is 0 Å². The van der Waals surface area contributed by atoms with Crippen molar-refractivity contribution in [2.45, 2.75) is 38.5 Å². The van der Waals surface area contributed by atoms with E-state index >= 15 is 0 Å². The lowest BCUT2D eigenvalue weighted by atomic mass is 10.1. The van der Waals surface area contributed by atoms with Crippen LogP contribution in [0.4, 0.5) is 0 Å². The van der Waals surface area contributed by atoms with E-state index in [2.05, 4.69) is 71.9 Å². The van der Waals surface area contributed by atoms with E-state index in [1.165, 1.54) is 29.5 Å². The van der Waals surface area contributed by atoms with Gasteiger partial charge < -0.3 is 5.32 Å². The first kappa shape index (κ1) is 14.3. The van der Waals surface area contributed by atoms with Crippen LogP contribution in [0.25, 0.3) is 0 Å². The van der Waals surface area contributed by atoms with Gasteiger partial charge in [0.25, 0.3) is 0 Å². The van der Waals surface area contributed by atoms with E-state index in [-0.39, 0.29) is 0 Å². The molecule has 1 saturated carbocycles. The van der Waals surface area contributed by atoms with Crippen molar-refractivity contribution in [3.05, 3.63) is 71.3 Å². The summed E-state index contributed by atoms with van der Waals surface area (Å²) in [4.78, 5) is 2.36. The van der Waals surface area contributed by atoms with Crippen LogP contribution in [0.1, 0.15) is 29.5 Å². The van der Waals surface area contributed by atoms with Crippen molar-refractivity contribution in [3.8, 4) is 0 Å². The molecule has 0 heterocycles. The van der Waals surface area contributed by atoms with Crippen molar-refractivity contribution in [2.75, 3.05) is 7.05 Å². The third kappa shape index (κ3) is 4.69. The van der Waals surface area contributed by atoms with Gasteiger partial charge in [-0.05, 0) is 36.6 Å². The number of nitrogens with zero attached hydrogens (tertiary/aromatic N) is 1. The molecular formula is C19H24N2. The van der Waals surface area contributed by atoms with Gasteiger partial charge >= 0.3 is 0 Å². The van der Waals surface area contributed by atoms with Crippen LogP contribution in [0.5, 0.6) is 0 Å². The maximum Gasteiger partial charge on any atom is 0.0234 e. The molecule has 1 fully saturated rings. The highest BCUT2D eigenvalue weighted by Crippen LogP contribution is 2.19. The highest BCUT2D eigenvalue weighted by Gasteiger charge is 2.19. The van der Waals surface area contributed by atoms with Crippen LogP contribution in [0.2, 0.25) is 0 Å². The third-order valence-corrected chi connectivity index (χ3v) is 3.91. The first-order valence-electron chi connectivity index (χ1n) is 7.83. The smallest absolute Gasteiger partial charge is 0.0234 e. The first-order valence-corrected chi connectivity index (χ1v) is 7.83. The van der Waals surface area contributed by atoms with Gasteiger partial charge in [0.05, 0.1) is 0 Å². The summed E-state index contributed by atoms with van der Waals surface area (Å²) in [5.41, 5.74) is 4.16. The average Bonchev–Trinajstić information content (AvgIpc) is 3.31. The molecular weight excluding hydrogens is 256 g/mol. The third-order valence-electron chi connectivity index (χ3n) is 3.91. The number of hydrogen-bond donors (Lipinski definition) is 1. The van der Waals surface area contributed by atoms with Gasteiger partial charge in [-0.15, -0.1) is 0 Å². The lowest BCUT2D eigenvalue weighted by molar-refractivity contribution is 0.319. The van der Waals surface area contributed by atoms with E-state index in [0.29, 0.717) is 0 Å². The van der Waals surface area contributed by atoms with E-state index in [9.17, 15) is 0 Å². The Bertz CT molecular complexity index is 561. The summed E-state index contributed by atoms with van der Waals surface area (Å²) in [6.45, 7) is 2.98. The minimum absolute atomic E-state index is 0.773. The van der Waals surface area contributed by atoms with E-state index < -0.39 is 0 Å². The average molecular weight is 280 g/mol. The number of benzene rings is 2. The molecule has 3 rings (SSSR count). The molecule has 1 aliphatic carbocycles. The molecule has 0 aromatic heterocycles. The number of hydrogen-bond acceptors (Lipinski definition) is 2. The quantitative estimate of drug-likeness (QED) is 0.834. The van der Waals surface area contributed by atoms with Crippen molar-refractivity contribution < 1.29 is 0 Å². The molecule has 0 spiro atoms. The molecule has 0 bridgehead atoms. The summed E-state index contributed by atoms with van der Waals surface area (Å²) in [5, 5.41) is 3.58. The Morgan fingerprint density at radius 3 is 2.33 bits per heavy atom. The zero-order chi connectivity index (χ0) is 14.5. The van der Waals surface area contributed by atoms with E-state index in [1.807, 2.05) is 0 Å². The maximum atomic E-state index is 3.58. The zero-order valence-corrected chi connectivity index (χ0v) is 12.8. The molecule has 0 atom stereocenters. The molecule has 0 amide bonds. The second kappa shape index (κ2) is 6.88. The Hall–Kier alpha value is -1.64. The molecule has 2 aromatic rings. The zero-order valence-electron chi connectivity index (χ0n) is 12.8. The van der Waals surface area contributed by atoms with Crippen molar-refractivity contribution in [1.82, 2.24) is 10.2 Å². The fourth-order valence-electron chi connectivity index (χ4n) is 2.65. The first-order chi connectivity index (χ1) is 10.3. The summed E-state index contributed by atoms with van der Waals surface area (Å²) in [5.74, 6) is 0. The Morgan fingerprint density at radius 1 is 0.905 bits per heavy atom. The van der Waals surface area contributed by atoms with E-state index in [4.69, 9.17) is 0 Å². The summed E-state index contributed by atoms with van der Waals surface area (Å²) in [6.07, 6.45) is 2.69. The molecule has 0 unspecified atom stereocenters. The van der Waals surface area contributed by atoms with Crippen molar-refractivity contribution in [2.24, 2.45) is 0 Å². The summed E-state index contributed by atoms with van der Waals surface area (Å²) >= 11 is 0. The largest absolute Gasteiger partial charge is 0.310 e. The molecule has 0 aliphatic heterocycles. The number of rotatable bonds is 7. The van der Waals surface area contributed by atoms with Crippen molar-refractivity contribution >= 4 is 0 Å². The lowest BCUT2D eigenvalue weighted by Gasteiger charge is -2.17. The predicted octanol–water partition coefficient (Wildman–Crippen LogP) is 3.57. The SMILES string of the molecule is CN(Cc1ccccc1)Cc1cccc(CNC2CC2)c1. The van der Waals surface area contributed by atoms with Gasteiger partial charge in [0.1, 0.15) is 0 Å². The fraction of sp³-hybridized carbons (Fsp3) is 0.368. The summed E-state index contributed by atoms with van der Waals surface area (Å²) in [7, 11) is 2.18. The second-order valence-corrected chi connectivity index (χ2v) is 6.13. The van der Waals surface area contributed by atoms with Crippen LogP contribution < -0.4 is 5.32 Å². The van der Waals surface area contributed by atoms with Gasteiger partial charge in [-0.2, -0.15) is 0 Å². The highest BCUT2D eigenvalue weighted by molar-refractivity contribution is 5.24. The van der Waals surface area contributed by atoms with Gasteiger partial charge in [0, 0.05) is 25.7 Å². The maximum absolute atomic E-state index is 3.58. The topological polar surface area (TPSA) is 15.3 Å². The molecule has 2 aromatic carbocycles. The van der Waals surface area contributed by atoms with E-state index in [0.717, 1.165) is 25.7 Å². The minimum atomic E-state index is 0.773. The number of nitrogens with one attached hydrogen (secondary N) is 1. The van der Waals surface area contributed by atoms with Gasteiger partial charge in [0.15, 0.2) is 0 Å². The normalized spacial score (nSPS) is 14.6. The lowest BCUT2D eigenvalue weighted by Crippen LogP contribution is -2.18. The second-order valence-electron chi connectivity index (χ2n) is 6.13. The van der Waals surface area contributed by atoms with Crippen molar-refractivity contribution in [3.63, 3.8) is 0 Å². The van der Waals surface area contributed by atoms with Crippen LogP contribution in [-0.2, 0) is 19.6 Å². The van der Waals surface area contributed by atoms with Crippen LogP contribution in [-0.4, -0.2) is 18.0 Å². The molecule has 0 saturated heterocycles. The molecule has 2 nitrogen and oxygen atoms in total. The minimum Gasteiger partial charge on any atom is -0.310 e. The Balaban J connectivity index is 1.54. The van der Waals surface area contributed by atoms with Gasteiger partial charge in [-0.1, -0.05) is 54.6 Å². The van der Waals surface area contributed by atoms with Crippen LogP contribution in [0, 0.1) is 0 Å². The van der Waals surface area contributed by atoms with Gasteiger partial charge in [0.2, 0.25) is 0 Å². The molecule has 2 heteroatoms. The molecule has 21 heavy (non-hydrogen) atoms. The predicted molar refractivity (Wildman–Crippen MR) is 87.9 cm³/mol. The molecule has 1 N–H and O–H groups in total. The van der Waals surface area contributed by atoms with Crippen LogP contribution in [0.15, 0.2) is 54.6 Å². The molecule has 110 valence electrons. The molecule has 1 aliphatic rings. The van der Waals surface area contributed by atoms with Crippen LogP contribution >= 0.6 is 0 Å². The Morgan fingerprint density at radius 2 is 1.57 bits per heavy atom.